The van der Waals surface area contributed by atoms with Crippen molar-refractivity contribution >= 4 is 15.7 Å². The highest BCUT2D eigenvalue weighted by atomic mass is 32.2. The summed E-state index contributed by atoms with van der Waals surface area (Å²) in [6, 6.07) is 5.52. The lowest BCUT2D eigenvalue weighted by Gasteiger charge is -2.23. The molecule has 1 aliphatic heterocycles. The molecule has 1 heterocycles. The predicted molar refractivity (Wildman–Crippen MR) is 76.3 cm³/mol. The van der Waals surface area contributed by atoms with Gasteiger partial charge in [-0.2, -0.15) is 0 Å². The Morgan fingerprint density at radius 2 is 2.05 bits per heavy atom. The summed E-state index contributed by atoms with van der Waals surface area (Å²) in [5, 5.41) is 2.75. The maximum absolute atomic E-state index is 12.7. The standard InChI is InChI=1S/C14H18FNO4S/c1-14(7-9-21(18,19)10-14)16-13(17)6-8-20-12-4-2-11(15)3-5-12/h2-5H,6-10H2,1H3,(H,16,17)/t14-/m1/s1. The van der Waals surface area contributed by atoms with E-state index in [0.29, 0.717) is 12.2 Å². The second kappa shape index (κ2) is 6.01. The number of hydrogen-bond acceptors (Lipinski definition) is 4. The number of hydrogen-bond donors (Lipinski definition) is 1. The minimum atomic E-state index is -3.05. The molecular formula is C14H18FNO4S. The molecule has 0 radical (unpaired) electrons. The number of sulfone groups is 1. The van der Waals surface area contributed by atoms with Crippen LogP contribution in [-0.4, -0.2) is 38.0 Å². The van der Waals surface area contributed by atoms with Crippen LogP contribution < -0.4 is 10.1 Å². The average Bonchev–Trinajstić information content (AvgIpc) is 2.65. The second-order valence-electron chi connectivity index (χ2n) is 5.50. The number of carbonyl (C=O) groups is 1. The zero-order valence-electron chi connectivity index (χ0n) is 11.8. The number of amides is 1. The molecule has 0 unspecified atom stereocenters. The quantitative estimate of drug-likeness (QED) is 0.888. The summed E-state index contributed by atoms with van der Waals surface area (Å²) >= 11 is 0. The number of benzene rings is 1. The third-order valence-electron chi connectivity index (χ3n) is 3.36. The molecule has 1 amide bonds. The van der Waals surface area contributed by atoms with Gasteiger partial charge in [0.15, 0.2) is 9.84 Å². The first kappa shape index (κ1) is 15.8. The number of halogens is 1. The van der Waals surface area contributed by atoms with Gasteiger partial charge in [0.05, 0.1) is 30.1 Å². The van der Waals surface area contributed by atoms with Crippen molar-refractivity contribution in [3.63, 3.8) is 0 Å². The summed E-state index contributed by atoms with van der Waals surface area (Å²) in [4.78, 5) is 11.8. The van der Waals surface area contributed by atoms with Gasteiger partial charge < -0.3 is 10.1 Å². The number of carbonyl (C=O) groups excluding carboxylic acids is 1. The van der Waals surface area contributed by atoms with Gasteiger partial charge in [-0.3, -0.25) is 4.79 Å². The molecular weight excluding hydrogens is 297 g/mol. The van der Waals surface area contributed by atoms with E-state index in [-0.39, 0.29) is 36.3 Å². The zero-order valence-corrected chi connectivity index (χ0v) is 12.6. The van der Waals surface area contributed by atoms with Crippen LogP contribution in [0.5, 0.6) is 5.75 Å². The highest BCUT2D eigenvalue weighted by molar-refractivity contribution is 7.91. The molecule has 1 fully saturated rings. The molecule has 116 valence electrons. The van der Waals surface area contributed by atoms with Crippen molar-refractivity contribution in [1.82, 2.24) is 5.32 Å². The highest BCUT2D eigenvalue weighted by Crippen LogP contribution is 2.22. The van der Waals surface area contributed by atoms with Crippen molar-refractivity contribution in [2.75, 3.05) is 18.1 Å². The Labute approximate surface area is 123 Å². The van der Waals surface area contributed by atoms with Gasteiger partial charge in [0.2, 0.25) is 5.91 Å². The molecule has 0 aliphatic carbocycles. The number of nitrogens with one attached hydrogen (secondary N) is 1. The van der Waals surface area contributed by atoms with Crippen molar-refractivity contribution in [3.05, 3.63) is 30.1 Å². The van der Waals surface area contributed by atoms with Crippen LogP contribution in [0, 0.1) is 5.82 Å². The molecule has 1 aromatic carbocycles. The van der Waals surface area contributed by atoms with Crippen LogP contribution in [0.15, 0.2) is 24.3 Å². The fraction of sp³-hybridized carbons (Fsp3) is 0.500. The van der Waals surface area contributed by atoms with Crippen LogP contribution in [0.3, 0.4) is 0 Å². The normalized spacial score (nSPS) is 23.7. The lowest BCUT2D eigenvalue weighted by Crippen LogP contribution is -2.47. The molecule has 7 heteroatoms. The molecule has 2 rings (SSSR count). The molecule has 1 atom stereocenters. The van der Waals surface area contributed by atoms with E-state index in [2.05, 4.69) is 5.32 Å². The lowest BCUT2D eigenvalue weighted by molar-refractivity contribution is -0.123. The van der Waals surface area contributed by atoms with Crippen LogP contribution >= 0.6 is 0 Å². The Balaban J connectivity index is 1.76. The van der Waals surface area contributed by atoms with Gasteiger partial charge in [0.1, 0.15) is 11.6 Å². The van der Waals surface area contributed by atoms with Crippen LogP contribution in [0.4, 0.5) is 4.39 Å². The molecule has 1 N–H and O–H groups in total. The van der Waals surface area contributed by atoms with Gasteiger partial charge in [0, 0.05) is 0 Å². The number of ether oxygens (including phenoxy) is 1. The summed E-state index contributed by atoms with van der Waals surface area (Å²) in [7, 11) is -3.05. The summed E-state index contributed by atoms with van der Waals surface area (Å²) in [6.07, 6.45) is 0.549. The minimum Gasteiger partial charge on any atom is -0.493 e. The van der Waals surface area contributed by atoms with Crippen molar-refractivity contribution in [2.45, 2.75) is 25.3 Å². The maximum atomic E-state index is 12.7. The van der Waals surface area contributed by atoms with Gasteiger partial charge in [0.25, 0.3) is 0 Å². The van der Waals surface area contributed by atoms with Gasteiger partial charge >= 0.3 is 0 Å². The third-order valence-corrected chi connectivity index (χ3v) is 5.26. The Morgan fingerprint density at radius 3 is 2.62 bits per heavy atom. The fourth-order valence-corrected chi connectivity index (χ4v) is 4.39. The van der Waals surface area contributed by atoms with E-state index in [1.807, 2.05) is 0 Å². The van der Waals surface area contributed by atoms with Gasteiger partial charge in [-0.25, -0.2) is 12.8 Å². The topological polar surface area (TPSA) is 72.5 Å². The van der Waals surface area contributed by atoms with Gasteiger partial charge in [-0.15, -0.1) is 0 Å². The van der Waals surface area contributed by atoms with E-state index in [0.717, 1.165) is 0 Å². The molecule has 0 spiro atoms. The Hall–Kier alpha value is -1.63. The first-order chi connectivity index (χ1) is 9.78. The summed E-state index contributed by atoms with van der Waals surface area (Å²) in [5.41, 5.74) is -0.689. The zero-order chi connectivity index (χ0) is 15.5. The monoisotopic (exact) mass is 315 g/mol. The van der Waals surface area contributed by atoms with E-state index in [1.54, 1.807) is 6.92 Å². The molecule has 0 saturated carbocycles. The lowest BCUT2D eigenvalue weighted by atomic mass is 10.0. The smallest absolute Gasteiger partial charge is 0.223 e. The Bertz CT molecular complexity index is 614. The molecule has 5 nitrogen and oxygen atoms in total. The molecule has 1 aliphatic rings. The van der Waals surface area contributed by atoms with Crippen molar-refractivity contribution < 1.29 is 22.3 Å². The first-order valence-corrected chi connectivity index (χ1v) is 8.50. The van der Waals surface area contributed by atoms with E-state index in [4.69, 9.17) is 4.74 Å². The van der Waals surface area contributed by atoms with E-state index >= 15 is 0 Å². The minimum absolute atomic E-state index is 0.0233. The second-order valence-corrected chi connectivity index (χ2v) is 7.69. The van der Waals surface area contributed by atoms with Crippen molar-refractivity contribution in [1.29, 1.82) is 0 Å². The van der Waals surface area contributed by atoms with Crippen LogP contribution in [0.1, 0.15) is 19.8 Å². The fourth-order valence-electron chi connectivity index (χ4n) is 2.30. The van der Waals surface area contributed by atoms with Gasteiger partial charge in [-0.1, -0.05) is 0 Å². The third kappa shape index (κ3) is 4.70. The van der Waals surface area contributed by atoms with E-state index in [1.165, 1.54) is 24.3 Å². The van der Waals surface area contributed by atoms with Crippen molar-refractivity contribution in [3.8, 4) is 5.75 Å². The molecule has 1 aromatic rings. The maximum Gasteiger partial charge on any atom is 0.223 e. The van der Waals surface area contributed by atoms with E-state index < -0.39 is 15.4 Å². The SMILES string of the molecule is C[C@@]1(NC(=O)CCOc2ccc(F)cc2)CCS(=O)(=O)C1. The average molecular weight is 315 g/mol. The van der Waals surface area contributed by atoms with Crippen LogP contribution in [0.2, 0.25) is 0 Å². The Morgan fingerprint density at radius 1 is 1.38 bits per heavy atom. The Kier molecular flexibility index (Phi) is 4.51. The molecule has 1 saturated heterocycles. The van der Waals surface area contributed by atoms with Crippen LogP contribution in [-0.2, 0) is 14.6 Å². The molecule has 0 aromatic heterocycles. The summed E-state index contributed by atoms with van der Waals surface area (Å²) < 4.78 is 40.9. The van der Waals surface area contributed by atoms with Gasteiger partial charge in [-0.05, 0) is 37.6 Å². The molecule has 21 heavy (non-hydrogen) atoms. The summed E-state index contributed by atoms with van der Waals surface area (Å²) in [5.74, 6) is -0.0357. The van der Waals surface area contributed by atoms with Crippen LogP contribution in [0.25, 0.3) is 0 Å². The summed E-state index contributed by atoms with van der Waals surface area (Å²) in [6.45, 7) is 1.89. The first-order valence-electron chi connectivity index (χ1n) is 6.68. The number of rotatable bonds is 5. The largest absolute Gasteiger partial charge is 0.493 e. The molecule has 0 bridgehead atoms. The van der Waals surface area contributed by atoms with E-state index in [9.17, 15) is 17.6 Å². The van der Waals surface area contributed by atoms with Crippen molar-refractivity contribution in [2.24, 2.45) is 0 Å². The predicted octanol–water partition coefficient (Wildman–Crippen LogP) is 1.29. The highest BCUT2D eigenvalue weighted by Gasteiger charge is 2.39.